The van der Waals surface area contributed by atoms with E-state index in [-0.39, 0.29) is 30.3 Å². The molecule has 1 heterocycles. The van der Waals surface area contributed by atoms with Gasteiger partial charge in [-0.15, -0.1) is 10.2 Å². The summed E-state index contributed by atoms with van der Waals surface area (Å²) in [6, 6.07) is 16.6. The molecule has 0 fully saturated rings. The van der Waals surface area contributed by atoms with E-state index in [1.54, 1.807) is 6.07 Å². The summed E-state index contributed by atoms with van der Waals surface area (Å²) >= 11 is 0. The fourth-order valence-corrected chi connectivity index (χ4v) is 3.12. The molecule has 1 N–H and O–H groups in total. The number of nitrogens with one attached hydrogen (secondary N) is 1. The van der Waals surface area contributed by atoms with E-state index in [1.165, 1.54) is 13.0 Å². The first kappa shape index (κ1) is 20.7. The highest BCUT2D eigenvalue weighted by Crippen LogP contribution is 2.32. The minimum atomic E-state index is -0.838. The topological polar surface area (TPSA) is 86.5 Å². The molecule has 4 rings (SSSR count). The number of hydrogen-bond acceptors (Lipinski definition) is 7. The number of rotatable bonds is 9. The van der Waals surface area contributed by atoms with E-state index in [9.17, 15) is 9.18 Å². The van der Waals surface area contributed by atoms with Gasteiger partial charge in [-0.1, -0.05) is 42.5 Å². The molecule has 1 aliphatic carbocycles. The van der Waals surface area contributed by atoms with Crippen molar-refractivity contribution < 1.29 is 23.1 Å². The largest absolute Gasteiger partial charge is 0.450 e. The van der Waals surface area contributed by atoms with Crippen LogP contribution in [-0.2, 0) is 20.9 Å². The minimum absolute atomic E-state index is 0.0636. The zero-order chi connectivity index (χ0) is 21.6. The number of nitrogens with zero attached hydrogens (tertiary/aromatic N) is 2. The molecule has 0 saturated carbocycles. The number of carbonyl (C=O) groups is 1. The average molecular weight is 423 g/mol. The third-order valence-electron chi connectivity index (χ3n) is 4.77. The molecule has 7 nitrogen and oxygen atoms in total. The summed E-state index contributed by atoms with van der Waals surface area (Å²) in [6.07, 6.45) is 1.31. The van der Waals surface area contributed by atoms with Gasteiger partial charge in [0.15, 0.2) is 0 Å². The molecule has 1 aromatic heterocycles. The SMILES string of the molecule is CC(=O)OC(COCc1ccccc1)c1nnc(-c2ccccc2N[C@@H]2CC=C2F)o1. The van der Waals surface area contributed by atoms with Crippen molar-refractivity contribution in [3.8, 4) is 11.5 Å². The van der Waals surface area contributed by atoms with E-state index in [1.807, 2.05) is 48.5 Å². The van der Waals surface area contributed by atoms with Crippen molar-refractivity contribution in [1.82, 2.24) is 10.2 Å². The van der Waals surface area contributed by atoms with Gasteiger partial charge in [0.25, 0.3) is 5.89 Å². The molecule has 8 heteroatoms. The molecule has 0 amide bonds. The molecule has 3 aromatic rings. The van der Waals surface area contributed by atoms with Gasteiger partial charge in [-0.25, -0.2) is 4.39 Å². The molecular formula is C23H22FN3O4. The van der Waals surface area contributed by atoms with E-state index < -0.39 is 12.1 Å². The van der Waals surface area contributed by atoms with Crippen LogP contribution in [0, 0.1) is 0 Å². The predicted octanol–water partition coefficient (Wildman–Crippen LogP) is 4.60. The summed E-state index contributed by atoms with van der Waals surface area (Å²) in [5.74, 6) is -0.307. The summed E-state index contributed by atoms with van der Waals surface area (Å²) in [4.78, 5) is 11.6. The van der Waals surface area contributed by atoms with Gasteiger partial charge >= 0.3 is 5.97 Å². The van der Waals surface area contributed by atoms with Gasteiger partial charge in [-0.05, 0) is 30.2 Å². The molecule has 0 radical (unpaired) electrons. The minimum Gasteiger partial charge on any atom is -0.450 e. The van der Waals surface area contributed by atoms with Crippen molar-refractivity contribution >= 4 is 11.7 Å². The second kappa shape index (κ2) is 9.53. The van der Waals surface area contributed by atoms with E-state index in [2.05, 4.69) is 15.5 Å². The van der Waals surface area contributed by atoms with Crippen molar-refractivity contribution in [1.29, 1.82) is 0 Å². The highest BCUT2D eigenvalue weighted by molar-refractivity contribution is 5.73. The van der Waals surface area contributed by atoms with Crippen LogP contribution in [0.15, 0.2) is 70.9 Å². The van der Waals surface area contributed by atoms with E-state index in [4.69, 9.17) is 13.9 Å². The Balaban J connectivity index is 1.48. The van der Waals surface area contributed by atoms with Crippen molar-refractivity contribution in [2.45, 2.75) is 32.1 Å². The lowest BCUT2D eigenvalue weighted by atomic mass is 10.0. The summed E-state index contributed by atoms with van der Waals surface area (Å²) in [7, 11) is 0. The maximum atomic E-state index is 13.6. The van der Waals surface area contributed by atoms with Crippen LogP contribution in [0.1, 0.15) is 30.9 Å². The molecule has 1 unspecified atom stereocenters. The second-order valence-electron chi connectivity index (χ2n) is 7.11. The maximum absolute atomic E-state index is 13.6. The maximum Gasteiger partial charge on any atom is 0.303 e. The van der Waals surface area contributed by atoms with Crippen molar-refractivity contribution in [2.24, 2.45) is 0 Å². The lowest BCUT2D eigenvalue weighted by Gasteiger charge is -2.24. The van der Waals surface area contributed by atoms with Gasteiger partial charge in [-0.3, -0.25) is 4.79 Å². The highest BCUT2D eigenvalue weighted by atomic mass is 19.1. The van der Waals surface area contributed by atoms with Crippen LogP contribution in [0.25, 0.3) is 11.5 Å². The van der Waals surface area contributed by atoms with Gasteiger partial charge in [0.1, 0.15) is 5.83 Å². The smallest absolute Gasteiger partial charge is 0.303 e. The number of esters is 1. The van der Waals surface area contributed by atoms with Crippen LogP contribution >= 0.6 is 0 Å². The third-order valence-corrected chi connectivity index (χ3v) is 4.77. The number of benzene rings is 2. The zero-order valence-corrected chi connectivity index (χ0v) is 17.0. The number of ether oxygens (including phenoxy) is 2. The lowest BCUT2D eigenvalue weighted by molar-refractivity contribution is -0.151. The fraction of sp³-hybridized carbons (Fsp3) is 0.261. The Labute approximate surface area is 178 Å². The molecule has 2 atom stereocenters. The van der Waals surface area contributed by atoms with Crippen LogP contribution in [0.5, 0.6) is 0 Å². The average Bonchev–Trinajstić information content (AvgIpc) is 3.26. The quantitative estimate of drug-likeness (QED) is 0.504. The van der Waals surface area contributed by atoms with Gasteiger partial charge < -0.3 is 19.2 Å². The Hall–Kier alpha value is -3.52. The molecule has 0 spiro atoms. The normalized spacial score (nSPS) is 16.2. The lowest BCUT2D eigenvalue weighted by Crippen LogP contribution is -2.26. The Kier molecular flexibility index (Phi) is 6.37. The molecule has 0 bridgehead atoms. The second-order valence-corrected chi connectivity index (χ2v) is 7.11. The van der Waals surface area contributed by atoms with Crippen molar-refractivity contribution in [2.75, 3.05) is 11.9 Å². The fourth-order valence-electron chi connectivity index (χ4n) is 3.12. The number of para-hydroxylation sites is 1. The van der Waals surface area contributed by atoms with Crippen LogP contribution in [-0.4, -0.2) is 28.8 Å². The molecule has 1 aliphatic rings. The van der Waals surface area contributed by atoms with E-state index in [0.717, 1.165) is 5.56 Å². The summed E-state index contributed by atoms with van der Waals surface area (Å²) in [6.45, 7) is 1.72. The number of aromatic nitrogens is 2. The number of hydrogen-bond donors (Lipinski definition) is 1. The van der Waals surface area contributed by atoms with Crippen LogP contribution in [0.4, 0.5) is 10.1 Å². The Morgan fingerprint density at radius 1 is 1.19 bits per heavy atom. The molecule has 31 heavy (non-hydrogen) atoms. The monoisotopic (exact) mass is 423 g/mol. The summed E-state index contributed by atoms with van der Waals surface area (Å²) in [5.41, 5.74) is 2.30. The predicted molar refractivity (Wildman–Crippen MR) is 112 cm³/mol. The Bertz CT molecular complexity index is 1070. The van der Waals surface area contributed by atoms with Gasteiger partial charge in [-0.2, -0.15) is 0 Å². The molecule has 2 aromatic carbocycles. The number of anilines is 1. The number of halogens is 1. The molecular weight excluding hydrogens is 401 g/mol. The van der Waals surface area contributed by atoms with Crippen LogP contribution < -0.4 is 5.32 Å². The van der Waals surface area contributed by atoms with E-state index in [0.29, 0.717) is 24.3 Å². The first-order valence-electron chi connectivity index (χ1n) is 9.94. The summed E-state index contributed by atoms with van der Waals surface area (Å²) in [5, 5.41) is 11.3. The van der Waals surface area contributed by atoms with Crippen LogP contribution in [0.3, 0.4) is 0 Å². The first-order chi connectivity index (χ1) is 15.1. The number of carbonyl (C=O) groups excluding carboxylic acids is 1. The molecule has 0 aliphatic heterocycles. The third kappa shape index (κ3) is 5.16. The van der Waals surface area contributed by atoms with E-state index >= 15 is 0 Å². The first-order valence-corrected chi connectivity index (χ1v) is 9.94. The Morgan fingerprint density at radius 3 is 2.68 bits per heavy atom. The van der Waals surface area contributed by atoms with Crippen LogP contribution in [0.2, 0.25) is 0 Å². The molecule has 0 saturated heterocycles. The highest BCUT2D eigenvalue weighted by Gasteiger charge is 2.25. The van der Waals surface area contributed by atoms with Gasteiger partial charge in [0.2, 0.25) is 12.0 Å². The van der Waals surface area contributed by atoms with Crippen molar-refractivity contribution in [3.63, 3.8) is 0 Å². The Morgan fingerprint density at radius 2 is 1.97 bits per heavy atom. The molecule has 160 valence electrons. The summed E-state index contributed by atoms with van der Waals surface area (Å²) < 4.78 is 30.4. The van der Waals surface area contributed by atoms with Gasteiger partial charge in [0, 0.05) is 12.6 Å². The standard InChI is InChI=1S/C23H22FN3O4/c1-15(28)30-21(14-29-13-16-7-3-2-4-8-16)23-27-26-22(31-23)17-9-5-6-10-19(17)25-20-12-11-18(20)24/h2-11,20-21,25H,12-14H2,1H3/t20-,21?/m1/s1. The van der Waals surface area contributed by atoms with Crippen molar-refractivity contribution in [3.05, 3.63) is 78.0 Å². The zero-order valence-electron chi connectivity index (χ0n) is 17.0. The van der Waals surface area contributed by atoms with Gasteiger partial charge in [0.05, 0.1) is 24.8 Å².